The number of morpholine rings is 1. The second-order valence-corrected chi connectivity index (χ2v) is 9.63. The Bertz CT molecular complexity index is 1160. The van der Waals surface area contributed by atoms with Crippen LogP contribution in [0.3, 0.4) is 0 Å². The number of nitrogens with one attached hydrogen (secondary N) is 2. The second kappa shape index (κ2) is 11.7. The zero-order valence-electron chi connectivity index (χ0n) is 20.2. The van der Waals surface area contributed by atoms with Crippen molar-refractivity contribution >= 4 is 51.2 Å². The van der Waals surface area contributed by atoms with Crippen LogP contribution in [0.2, 0.25) is 5.02 Å². The molecule has 2 amide bonds. The molecule has 2 N–H and O–H groups in total. The minimum absolute atomic E-state index is 0.176. The highest BCUT2D eigenvalue weighted by Gasteiger charge is 2.22. The third-order valence-electron chi connectivity index (χ3n) is 5.41. The number of benzene rings is 1. The van der Waals surface area contributed by atoms with Gasteiger partial charge in [0.2, 0.25) is 0 Å². The number of nitrogens with zero attached hydrogens (tertiary/aromatic N) is 3. The first kappa shape index (κ1) is 26.7. The van der Waals surface area contributed by atoms with Gasteiger partial charge in [0.05, 0.1) is 30.5 Å². The second-order valence-electron chi connectivity index (χ2n) is 8.23. The number of hydrogen-bond donors (Lipinski definition) is 2. The monoisotopic (exact) mass is 521 g/mol. The fourth-order valence-corrected chi connectivity index (χ4v) is 4.67. The Balaban J connectivity index is 1.72. The predicted molar refractivity (Wildman–Crippen MR) is 139 cm³/mol. The van der Waals surface area contributed by atoms with Crippen LogP contribution in [0.4, 0.5) is 15.1 Å². The standard InChI is InChI=1S/C24H29ClFN5O3S/c1-14(2)30(5)29-15(3)13-27-23(33)21-20(25)16(4)24(35-21)28-22(32)17-10-18(26)12-19(11-17)31-6-8-34-9-7-31/h10-12H,1,6-9,13H2,2-5H3,(H,27,33)(H,28,32)/b29-15-. The maximum absolute atomic E-state index is 14.3. The van der Waals surface area contributed by atoms with Gasteiger partial charge in [0, 0.05) is 42.6 Å². The Kier molecular flexibility index (Phi) is 8.87. The van der Waals surface area contributed by atoms with E-state index in [1.165, 1.54) is 12.1 Å². The van der Waals surface area contributed by atoms with Crippen LogP contribution in [0.25, 0.3) is 0 Å². The van der Waals surface area contributed by atoms with Gasteiger partial charge in [-0.25, -0.2) is 4.39 Å². The minimum Gasteiger partial charge on any atom is -0.378 e. The summed E-state index contributed by atoms with van der Waals surface area (Å²) in [5.41, 5.74) is 2.81. The van der Waals surface area contributed by atoms with Crippen LogP contribution < -0.4 is 15.5 Å². The van der Waals surface area contributed by atoms with Crippen LogP contribution in [0.15, 0.2) is 35.6 Å². The molecular formula is C24H29ClFN5O3S. The van der Waals surface area contributed by atoms with Crippen LogP contribution >= 0.6 is 22.9 Å². The van der Waals surface area contributed by atoms with Crippen molar-refractivity contribution in [1.29, 1.82) is 0 Å². The molecule has 11 heteroatoms. The SMILES string of the molecule is C=C(C)N(C)/N=C(/C)CNC(=O)c1sc(NC(=O)c2cc(F)cc(N3CCOCC3)c2)c(C)c1Cl. The molecule has 2 heterocycles. The number of thiophene rings is 1. The van der Waals surface area contributed by atoms with Crippen LogP contribution in [0.5, 0.6) is 0 Å². The Hall–Kier alpha value is -2.95. The van der Waals surface area contributed by atoms with Crippen molar-refractivity contribution in [3.8, 4) is 0 Å². The lowest BCUT2D eigenvalue weighted by Crippen LogP contribution is -2.36. The molecule has 8 nitrogen and oxygen atoms in total. The van der Waals surface area contributed by atoms with E-state index in [0.29, 0.717) is 48.3 Å². The summed E-state index contributed by atoms with van der Waals surface area (Å²) in [5, 5.41) is 12.2. The van der Waals surface area contributed by atoms with Gasteiger partial charge in [-0.3, -0.25) is 14.6 Å². The molecule has 0 radical (unpaired) electrons. The lowest BCUT2D eigenvalue weighted by Gasteiger charge is -2.29. The number of anilines is 2. The third kappa shape index (κ3) is 6.81. The fraction of sp³-hybridized carbons (Fsp3) is 0.375. The van der Waals surface area contributed by atoms with Gasteiger partial charge in [-0.1, -0.05) is 18.2 Å². The number of rotatable bonds is 8. The Morgan fingerprint density at radius 1 is 1.26 bits per heavy atom. The van der Waals surface area contributed by atoms with E-state index in [1.54, 1.807) is 32.0 Å². The van der Waals surface area contributed by atoms with E-state index >= 15 is 0 Å². The van der Waals surface area contributed by atoms with E-state index in [2.05, 4.69) is 22.3 Å². The van der Waals surface area contributed by atoms with Crippen molar-refractivity contribution in [2.75, 3.05) is 50.1 Å². The molecule has 1 aromatic heterocycles. The maximum Gasteiger partial charge on any atom is 0.263 e. The molecule has 35 heavy (non-hydrogen) atoms. The molecule has 0 spiro atoms. The predicted octanol–water partition coefficient (Wildman–Crippen LogP) is 4.51. The van der Waals surface area contributed by atoms with Gasteiger partial charge in [-0.2, -0.15) is 5.10 Å². The first-order valence-corrected chi connectivity index (χ1v) is 12.2. The molecule has 2 aromatic rings. The largest absolute Gasteiger partial charge is 0.378 e. The molecule has 0 bridgehead atoms. The van der Waals surface area contributed by atoms with Gasteiger partial charge in [-0.15, -0.1) is 11.3 Å². The maximum atomic E-state index is 14.3. The normalized spacial score (nSPS) is 14.0. The quantitative estimate of drug-likeness (QED) is 0.394. The molecule has 0 aliphatic carbocycles. The van der Waals surface area contributed by atoms with Gasteiger partial charge in [-0.05, 0) is 39.0 Å². The fourth-order valence-electron chi connectivity index (χ4n) is 3.31. The lowest BCUT2D eigenvalue weighted by atomic mass is 10.1. The molecule has 0 unspecified atom stereocenters. The summed E-state index contributed by atoms with van der Waals surface area (Å²) >= 11 is 7.46. The number of allylic oxidation sites excluding steroid dienone is 1. The van der Waals surface area contributed by atoms with E-state index in [4.69, 9.17) is 16.3 Å². The number of amides is 2. The first-order valence-electron chi connectivity index (χ1n) is 11.0. The molecule has 0 atom stereocenters. The Morgan fingerprint density at radius 2 is 1.94 bits per heavy atom. The molecule has 3 rings (SSSR count). The summed E-state index contributed by atoms with van der Waals surface area (Å²) in [6.45, 7) is 11.7. The van der Waals surface area contributed by atoms with E-state index < -0.39 is 11.7 Å². The topological polar surface area (TPSA) is 86.3 Å². The summed E-state index contributed by atoms with van der Waals surface area (Å²) in [6.07, 6.45) is 0. The summed E-state index contributed by atoms with van der Waals surface area (Å²) in [5.74, 6) is -1.37. The average molecular weight is 522 g/mol. The van der Waals surface area contributed by atoms with Crippen molar-refractivity contribution < 1.29 is 18.7 Å². The highest BCUT2D eigenvalue weighted by molar-refractivity contribution is 7.19. The van der Waals surface area contributed by atoms with Gasteiger partial charge >= 0.3 is 0 Å². The zero-order chi connectivity index (χ0) is 25.7. The van der Waals surface area contributed by atoms with E-state index in [9.17, 15) is 14.0 Å². The van der Waals surface area contributed by atoms with Crippen LogP contribution in [-0.4, -0.2) is 62.4 Å². The van der Waals surface area contributed by atoms with Crippen LogP contribution in [0, 0.1) is 12.7 Å². The van der Waals surface area contributed by atoms with E-state index in [0.717, 1.165) is 17.0 Å². The van der Waals surface area contributed by atoms with Crippen molar-refractivity contribution in [3.63, 3.8) is 0 Å². The smallest absolute Gasteiger partial charge is 0.263 e. The molecule has 1 aliphatic heterocycles. The molecule has 0 saturated carbocycles. The summed E-state index contributed by atoms with van der Waals surface area (Å²) < 4.78 is 19.6. The number of hydrogen-bond acceptors (Lipinski definition) is 7. The molecule has 1 aliphatic rings. The van der Waals surface area contributed by atoms with Gasteiger partial charge in [0.1, 0.15) is 15.7 Å². The van der Waals surface area contributed by atoms with Crippen LogP contribution in [0.1, 0.15) is 39.4 Å². The number of carbonyl (C=O) groups excluding carboxylic acids is 2. The van der Waals surface area contributed by atoms with Gasteiger partial charge in [0.25, 0.3) is 11.8 Å². The van der Waals surface area contributed by atoms with E-state index in [-0.39, 0.29) is 27.9 Å². The molecule has 1 aromatic carbocycles. The van der Waals surface area contributed by atoms with Gasteiger partial charge < -0.3 is 20.3 Å². The summed E-state index contributed by atoms with van der Waals surface area (Å²) in [7, 11) is 1.77. The Labute approximate surface area is 213 Å². The van der Waals surface area contributed by atoms with Gasteiger partial charge in [0.15, 0.2) is 0 Å². The molecule has 188 valence electrons. The highest BCUT2D eigenvalue weighted by atomic mass is 35.5. The first-order chi connectivity index (χ1) is 16.6. The van der Waals surface area contributed by atoms with E-state index in [1.807, 2.05) is 11.8 Å². The third-order valence-corrected chi connectivity index (χ3v) is 7.20. The number of ether oxygens (including phenoxy) is 1. The molecule has 1 fully saturated rings. The lowest BCUT2D eigenvalue weighted by molar-refractivity contribution is 0.0962. The number of hydrazone groups is 1. The minimum atomic E-state index is -0.505. The van der Waals surface area contributed by atoms with Crippen molar-refractivity contribution in [3.05, 3.63) is 57.3 Å². The van der Waals surface area contributed by atoms with Crippen molar-refractivity contribution in [1.82, 2.24) is 10.3 Å². The molecule has 1 saturated heterocycles. The van der Waals surface area contributed by atoms with Crippen molar-refractivity contribution in [2.45, 2.75) is 20.8 Å². The summed E-state index contributed by atoms with van der Waals surface area (Å²) in [4.78, 5) is 27.9. The zero-order valence-corrected chi connectivity index (χ0v) is 21.8. The number of halogens is 2. The highest BCUT2D eigenvalue weighted by Crippen LogP contribution is 2.37. The van der Waals surface area contributed by atoms with Crippen molar-refractivity contribution in [2.24, 2.45) is 5.10 Å². The summed E-state index contributed by atoms with van der Waals surface area (Å²) in [6, 6.07) is 4.23. The molecular weight excluding hydrogens is 493 g/mol. The van der Waals surface area contributed by atoms with Crippen LogP contribution in [-0.2, 0) is 4.74 Å². The Morgan fingerprint density at radius 3 is 2.60 bits per heavy atom. The number of carbonyl (C=O) groups is 2. The average Bonchev–Trinajstić information content (AvgIpc) is 3.11.